The van der Waals surface area contributed by atoms with Crippen LogP contribution in [0, 0.1) is 21.4 Å². The summed E-state index contributed by atoms with van der Waals surface area (Å²) in [6.45, 7) is 0. The third kappa shape index (κ3) is 1.71. The summed E-state index contributed by atoms with van der Waals surface area (Å²) in [6, 6.07) is 0. The predicted octanol–water partition coefficient (Wildman–Crippen LogP) is -0.427. The number of nitrogens with zero attached hydrogens (tertiary/aromatic N) is 1. The van der Waals surface area contributed by atoms with Crippen LogP contribution < -0.4 is 0 Å². The zero-order valence-corrected chi connectivity index (χ0v) is 8.64. The van der Waals surface area contributed by atoms with Gasteiger partial charge in [0.1, 0.15) is 0 Å². The zero-order chi connectivity index (χ0) is 14.1. The first kappa shape index (κ1) is 13.4. The number of carboxylic acids is 3. The van der Waals surface area contributed by atoms with Crippen molar-refractivity contribution < 1.29 is 34.6 Å². The Balaban J connectivity index is 3.54. The zero-order valence-electron chi connectivity index (χ0n) is 8.64. The van der Waals surface area contributed by atoms with E-state index in [-0.39, 0.29) is 0 Å². The van der Waals surface area contributed by atoms with Crippen molar-refractivity contribution in [3.8, 4) is 0 Å². The lowest BCUT2D eigenvalue weighted by Crippen LogP contribution is -2.50. The largest absolute Gasteiger partial charge is 0.481 e. The van der Waals surface area contributed by atoms with Crippen molar-refractivity contribution in [3.05, 3.63) is 34.0 Å². The lowest BCUT2D eigenvalue weighted by molar-refractivity contribution is -0.434. The maximum Gasteiger partial charge on any atom is 0.326 e. The van der Waals surface area contributed by atoms with E-state index < -0.39 is 39.9 Å². The molecule has 0 spiro atoms. The first-order chi connectivity index (χ1) is 8.25. The summed E-state index contributed by atoms with van der Waals surface area (Å²) >= 11 is 0. The van der Waals surface area contributed by atoms with E-state index in [1.54, 1.807) is 0 Å². The Morgan fingerprint density at radius 1 is 1.22 bits per heavy atom. The van der Waals surface area contributed by atoms with Gasteiger partial charge in [-0.1, -0.05) is 12.2 Å². The van der Waals surface area contributed by atoms with Gasteiger partial charge in [0.2, 0.25) is 5.41 Å². The number of carboxylic acid groups (broad SMARTS) is 3. The average molecular weight is 257 g/mol. The number of aliphatic carboxylic acids is 3. The summed E-state index contributed by atoms with van der Waals surface area (Å²) in [5.74, 6) is -8.16. The van der Waals surface area contributed by atoms with Gasteiger partial charge in [-0.25, -0.2) is 0 Å². The molecule has 1 aliphatic carbocycles. The van der Waals surface area contributed by atoms with E-state index in [9.17, 15) is 24.5 Å². The van der Waals surface area contributed by atoms with E-state index in [0.29, 0.717) is 6.08 Å². The first-order valence-corrected chi connectivity index (χ1v) is 4.48. The third-order valence-corrected chi connectivity index (χ3v) is 2.54. The van der Waals surface area contributed by atoms with Crippen molar-refractivity contribution in [2.45, 2.75) is 0 Å². The van der Waals surface area contributed by atoms with Crippen LogP contribution in [0.4, 0.5) is 0 Å². The molecule has 0 bridgehead atoms. The predicted molar refractivity (Wildman–Crippen MR) is 53.0 cm³/mol. The molecule has 1 aliphatic rings. The highest BCUT2D eigenvalue weighted by Gasteiger charge is 2.60. The number of carbonyl (C=O) groups is 3. The molecule has 0 aromatic rings. The van der Waals surface area contributed by atoms with Gasteiger partial charge < -0.3 is 15.3 Å². The number of rotatable bonds is 4. The molecule has 1 atom stereocenters. The van der Waals surface area contributed by atoms with Crippen LogP contribution in [0.3, 0.4) is 0 Å². The molecule has 3 N–H and O–H groups in total. The van der Waals surface area contributed by atoms with Crippen molar-refractivity contribution in [1.29, 1.82) is 0 Å². The van der Waals surface area contributed by atoms with E-state index in [1.807, 2.05) is 0 Å². The van der Waals surface area contributed by atoms with Crippen molar-refractivity contribution in [3.63, 3.8) is 0 Å². The van der Waals surface area contributed by atoms with Gasteiger partial charge in [0.15, 0.2) is 5.92 Å². The molecular weight excluding hydrogens is 250 g/mol. The van der Waals surface area contributed by atoms with Gasteiger partial charge in [-0.2, -0.15) is 0 Å². The van der Waals surface area contributed by atoms with Crippen LogP contribution in [0.15, 0.2) is 23.9 Å². The van der Waals surface area contributed by atoms with Crippen LogP contribution in [-0.2, 0) is 14.4 Å². The smallest absolute Gasteiger partial charge is 0.326 e. The van der Waals surface area contributed by atoms with Crippen molar-refractivity contribution in [2.75, 3.05) is 0 Å². The van der Waals surface area contributed by atoms with Crippen LogP contribution in [0.25, 0.3) is 0 Å². The van der Waals surface area contributed by atoms with Crippen LogP contribution in [0.5, 0.6) is 0 Å². The summed E-state index contributed by atoms with van der Waals surface area (Å²) in [7, 11) is 0. The Labute approximate surface area is 98.8 Å². The van der Waals surface area contributed by atoms with Gasteiger partial charge in [-0.05, 0) is 0 Å². The van der Waals surface area contributed by atoms with Gasteiger partial charge in [0, 0.05) is 6.08 Å². The molecule has 0 aromatic heterocycles. The minimum absolute atomic E-state index is 0.615. The van der Waals surface area contributed by atoms with E-state index in [4.69, 9.17) is 15.3 Å². The van der Waals surface area contributed by atoms with E-state index in [1.165, 1.54) is 0 Å². The Hall–Kier alpha value is -2.71. The average Bonchev–Trinajstić information content (AvgIpc) is 2.26. The highest BCUT2D eigenvalue weighted by Crippen LogP contribution is 2.39. The van der Waals surface area contributed by atoms with Gasteiger partial charge in [0.25, 0.3) is 5.70 Å². The highest BCUT2D eigenvalue weighted by molar-refractivity contribution is 6.05. The molecule has 0 amide bonds. The second kappa shape index (κ2) is 4.28. The number of allylic oxidation sites excluding steroid dienone is 2. The second-order valence-electron chi connectivity index (χ2n) is 3.46. The number of nitro groups is 1. The topological polar surface area (TPSA) is 155 Å². The molecule has 9 nitrogen and oxygen atoms in total. The van der Waals surface area contributed by atoms with Gasteiger partial charge >= 0.3 is 17.9 Å². The second-order valence-corrected chi connectivity index (χ2v) is 3.46. The fourth-order valence-electron chi connectivity index (χ4n) is 1.69. The van der Waals surface area contributed by atoms with Gasteiger partial charge in [0.05, 0.1) is 4.92 Å². The Bertz CT molecular complexity index is 489. The van der Waals surface area contributed by atoms with Crippen LogP contribution in [0.2, 0.25) is 0 Å². The maximum atomic E-state index is 11.1. The molecule has 0 aliphatic heterocycles. The van der Waals surface area contributed by atoms with Crippen molar-refractivity contribution >= 4 is 17.9 Å². The summed E-state index contributed by atoms with van der Waals surface area (Å²) < 4.78 is 0. The van der Waals surface area contributed by atoms with Crippen LogP contribution in [0.1, 0.15) is 0 Å². The maximum absolute atomic E-state index is 11.1. The fourth-order valence-corrected chi connectivity index (χ4v) is 1.69. The third-order valence-electron chi connectivity index (χ3n) is 2.54. The molecule has 0 radical (unpaired) electrons. The summed E-state index contributed by atoms with van der Waals surface area (Å²) in [5.41, 5.74) is -3.88. The number of hydrogen-bond acceptors (Lipinski definition) is 5. The summed E-state index contributed by atoms with van der Waals surface area (Å²) in [4.78, 5) is 42.6. The Morgan fingerprint density at radius 2 is 1.72 bits per heavy atom. The standard InChI is InChI=1S/C9H7NO8/c11-6(12)5-4(10(17)18)2-1-3-9(5,7(13)14)8(15)16/h1-3,5H,(H,11,12)(H,13,14)(H,15,16). The molecule has 18 heavy (non-hydrogen) atoms. The lowest BCUT2D eigenvalue weighted by Gasteiger charge is -2.27. The molecule has 96 valence electrons. The lowest BCUT2D eigenvalue weighted by atomic mass is 9.71. The van der Waals surface area contributed by atoms with Gasteiger partial charge in [-0.15, -0.1) is 0 Å². The molecule has 0 saturated carbocycles. The molecule has 9 heteroatoms. The monoisotopic (exact) mass is 257 g/mol. The molecular formula is C9H7NO8. The number of hydrogen-bond donors (Lipinski definition) is 3. The van der Waals surface area contributed by atoms with E-state index in [2.05, 4.69) is 0 Å². The Morgan fingerprint density at radius 3 is 2.06 bits per heavy atom. The van der Waals surface area contributed by atoms with Crippen molar-refractivity contribution in [2.24, 2.45) is 11.3 Å². The normalized spacial score (nSPS) is 20.9. The minimum atomic E-state index is -2.89. The van der Waals surface area contributed by atoms with Crippen LogP contribution >= 0.6 is 0 Å². The fraction of sp³-hybridized carbons (Fsp3) is 0.222. The van der Waals surface area contributed by atoms with Crippen molar-refractivity contribution in [1.82, 2.24) is 0 Å². The summed E-state index contributed by atoms with van der Waals surface area (Å²) in [6.07, 6.45) is 2.23. The first-order valence-electron chi connectivity index (χ1n) is 4.48. The quantitative estimate of drug-likeness (QED) is 0.348. The molecule has 0 aromatic carbocycles. The minimum Gasteiger partial charge on any atom is -0.481 e. The van der Waals surface area contributed by atoms with Crippen LogP contribution in [-0.4, -0.2) is 38.2 Å². The SMILES string of the molecule is O=C(O)C1C([N+](=O)[O-])=CC=CC1(C(=O)O)C(=O)O. The summed E-state index contributed by atoms with van der Waals surface area (Å²) in [5, 5.41) is 37.4. The van der Waals surface area contributed by atoms with E-state index >= 15 is 0 Å². The molecule has 0 saturated heterocycles. The molecule has 0 heterocycles. The molecule has 0 fully saturated rings. The highest BCUT2D eigenvalue weighted by atomic mass is 16.6. The van der Waals surface area contributed by atoms with E-state index in [0.717, 1.165) is 12.2 Å². The molecule has 1 rings (SSSR count). The molecule has 1 unspecified atom stereocenters. The van der Waals surface area contributed by atoms with Gasteiger partial charge in [-0.3, -0.25) is 24.5 Å². The Kier molecular flexibility index (Phi) is 3.17.